The number of aryl methyl sites for hydroxylation is 1. The van der Waals surface area contributed by atoms with Crippen LogP contribution in [0, 0.1) is 11.8 Å². The van der Waals surface area contributed by atoms with E-state index in [2.05, 4.69) is 15.3 Å². The van der Waals surface area contributed by atoms with E-state index in [1.807, 2.05) is 13.0 Å². The molecule has 0 radical (unpaired) electrons. The summed E-state index contributed by atoms with van der Waals surface area (Å²) in [5.74, 6) is -2.20. The van der Waals surface area contributed by atoms with Crippen LogP contribution in [0.2, 0.25) is 0 Å². The fourth-order valence-electron chi connectivity index (χ4n) is 3.18. The summed E-state index contributed by atoms with van der Waals surface area (Å²) < 4.78 is 0. The molecule has 0 saturated heterocycles. The molecule has 7 heteroatoms. The van der Waals surface area contributed by atoms with Gasteiger partial charge >= 0.3 is 5.97 Å². The number of nitrogens with one attached hydrogen (secondary N) is 2. The van der Waals surface area contributed by atoms with Crippen LogP contribution >= 0.6 is 0 Å². The van der Waals surface area contributed by atoms with Gasteiger partial charge in [-0.25, -0.2) is 4.98 Å². The van der Waals surface area contributed by atoms with Crippen molar-refractivity contribution in [2.24, 2.45) is 11.8 Å². The highest BCUT2D eigenvalue weighted by Crippen LogP contribution is 2.28. The van der Waals surface area contributed by atoms with Crippen molar-refractivity contribution in [3.63, 3.8) is 0 Å². The van der Waals surface area contributed by atoms with E-state index >= 15 is 0 Å². The standard InChI is InChI=1S/C20H21N3O4/c1-2-13-11-17(24)23-18(21-13)12-6-5-7-14(10-12)22-19(25)15-8-3-4-9-16(15)20(26)27/h3-7,10-11,15-16H,2,8-9H2,1H3,(H,22,25)(H,26,27)(H,21,23,24)/t15-,16+/m0/s1. The Morgan fingerprint density at radius 3 is 2.67 bits per heavy atom. The molecule has 0 saturated carbocycles. The van der Waals surface area contributed by atoms with Crippen molar-refractivity contribution in [3.8, 4) is 11.4 Å². The molecule has 0 aliphatic heterocycles. The fraction of sp³-hybridized carbons (Fsp3) is 0.300. The van der Waals surface area contributed by atoms with Gasteiger partial charge in [-0.15, -0.1) is 0 Å². The number of aromatic amines is 1. The molecule has 0 bridgehead atoms. The van der Waals surface area contributed by atoms with E-state index in [0.717, 1.165) is 0 Å². The molecule has 0 unspecified atom stereocenters. The van der Waals surface area contributed by atoms with Gasteiger partial charge in [-0.2, -0.15) is 0 Å². The summed E-state index contributed by atoms with van der Waals surface area (Å²) in [7, 11) is 0. The number of carbonyl (C=O) groups excluding carboxylic acids is 1. The molecule has 1 aromatic heterocycles. The number of allylic oxidation sites excluding steroid dienone is 2. The number of hydrogen-bond donors (Lipinski definition) is 3. The molecule has 1 aliphatic rings. The quantitative estimate of drug-likeness (QED) is 0.703. The highest BCUT2D eigenvalue weighted by atomic mass is 16.4. The number of carboxylic acid groups (broad SMARTS) is 1. The molecule has 140 valence electrons. The van der Waals surface area contributed by atoms with Crippen molar-refractivity contribution in [3.05, 3.63) is 58.5 Å². The van der Waals surface area contributed by atoms with Crippen molar-refractivity contribution in [1.82, 2.24) is 9.97 Å². The second-order valence-corrected chi connectivity index (χ2v) is 6.50. The molecule has 2 atom stereocenters. The largest absolute Gasteiger partial charge is 0.481 e. The van der Waals surface area contributed by atoms with Gasteiger partial charge in [-0.1, -0.05) is 31.2 Å². The van der Waals surface area contributed by atoms with E-state index < -0.39 is 17.8 Å². The lowest BCUT2D eigenvalue weighted by molar-refractivity contribution is -0.146. The van der Waals surface area contributed by atoms with E-state index in [9.17, 15) is 19.5 Å². The normalized spacial score (nSPS) is 18.9. The lowest BCUT2D eigenvalue weighted by Gasteiger charge is -2.24. The number of aromatic nitrogens is 2. The molecule has 1 amide bonds. The van der Waals surface area contributed by atoms with Gasteiger partial charge in [0.05, 0.1) is 11.8 Å². The first-order valence-electron chi connectivity index (χ1n) is 8.87. The molecular formula is C20H21N3O4. The van der Waals surface area contributed by atoms with E-state index in [1.165, 1.54) is 6.07 Å². The minimum absolute atomic E-state index is 0.232. The van der Waals surface area contributed by atoms with Gasteiger partial charge < -0.3 is 15.4 Å². The van der Waals surface area contributed by atoms with E-state index in [1.54, 1.807) is 30.3 Å². The predicted molar refractivity (Wildman–Crippen MR) is 101 cm³/mol. The number of anilines is 1. The molecule has 3 rings (SSSR count). The van der Waals surface area contributed by atoms with Crippen LogP contribution in [0.5, 0.6) is 0 Å². The molecule has 0 spiro atoms. The number of benzene rings is 1. The lowest BCUT2D eigenvalue weighted by Crippen LogP contribution is -2.34. The van der Waals surface area contributed by atoms with Gasteiger partial charge in [0.15, 0.2) is 0 Å². The van der Waals surface area contributed by atoms with Crippen molar-refractivity contribution < 1.29 is 14.7 Å². The minimum Gasteiger partial charge on any atom is -0.481 e. The van der Waals surface area contributed by atoms with Gasteiger partial charge in [-0.3, -0.25) is 14.4 Å². The third kappa shape index (κ3) is 4.31. The first kappa shape index (κ1) is 18.6. The zero-order valence-corrected chi connectivity index (χ0v) is 14.9. The summed E-state index contributed by atoms with van der Waals surface area (Å²) in [6, 6.07) is 8.43. The Bertz CT molecular complexity index is 948. The summed E-state index contributed by atoms with van der Waals surface area (Å²) in [6.45, 7) is 1.92. The minimum atomic E-state index is -0.966. The van der Waals surface area contributed by atoms with Crippen LogP contribution in [0.3, 0.4) is 0 Å². The Balaban J connectivity index is 1.83. The van der Waals surface area contributed by atoms with Gasteiger partial charge in [0.2, 0.25) is 5.91 Å². The smallest absolute Gasteiger partial charge is 0.307 e. The third-order valence-corrected chi connectivity index (χ3v) is 4.65. The van der Waals surface area contributed by atoms with Crippen molar-refractivity contribution in [2.45, 2.75) is 26.2 Å². The number of amides is 1. The van der Waals surface area contributed by atoms with Crippen LogP contribution in [0.1, 0.15) is 25.5 Å². The van der Waals surface area contributed by atoms with Crippen LogP contribution in [0.25, 0.3) is 11.4 Å². The molecule has 3 N–H and O–H groups in total. The summed E-state index contributed by atoms with van der Waals surface area (Å²) in [5.41, 5.74) is 1.64. The summed E-state index contributed by atoms with van der Waals surface area (Å²) >= 11 is 0. The highest BCUT2D eigenvalue weighted by Gasteiger charge is 2.33. The van der Waals surface area contributed by atoms with Gasteiger partial charge in [-0.05, 0) is 31.4 Å². The number of rotatable bonds is 5. The maximum Gasteiger partial charge on any atom is 0.307 e. The third-order valence-electron chi connectivity index (χ3n) is 4.65. The summed E-state index contributed by atoms with van der Waals surface area (Å²) in [4.78, 5) is 42.9. The zero-order chi connectivity index (χ0) is 19.4. The number of H-pyrrole nitrogens is 1. The molecule has 7 nitrogen and oxygen atoms in total. The first-order valence-corrected chi connectivity index (χ1v) is 8.87. The average molecular weight is 367 g/mol. The summed E-state index contributed by atoms with van der Waals surface area (Å²) in [5, 5.41) is 12.1. The van der Waals surface area contributed by atoms with Crippen molar-refractivity contribution in [1.29, 1.82) is 0 Å². The Hall–Kier alpha value is -3.22. The average Bonchev–Trinajstić information content (AvgIpc) is 2.67. The van der Waals surface area contributed by atoms with Gasteiger partial charge in [0.25, 0.3) is 5.56 Å². The molecule has 1 aromatic carbocycles. The molecule has 0 fully saturated rings. The maximum atomic E-state index is 12.6. The number of hydrogen-bond acceptors (Lipinski definition) is 4. The van der Waals surface area contributed by atoms with Crippen molar-refractivity contribution in [2.75, 3.05) is 5.32 Å². The second kappa shape index (κ2) is 7.99. The molecular weight excluding hydrogens is 346 g/mol. The Morgan fingerprint density at radius 2 is 1.96 bits per heavy atom. The van der Waals surface area contributed by atoms with Crippen LogP contribution in [-0.4, -0.2) is 27.0 Å². The monoisotopic (exact) mass is 367 g/mol. The first-order chi connectivity index (χ1) is 13.0. The number of carbonyl (C=O) groups is 2. The maximum absolute atomic E-state index is 12.6. The second-order valence-electron chi connectivity index (χ2n) is 6.50. The number of nitrogens with zero attached hydrogens (tertiary/aromatic N) is 1. The number of carboxylic acids is 1. The van der Waals surface area contributed by atoms with Crippen LogP contribution in [-0.2, 0) is 16.0 Å². The molecule has 1 heterocycles. The van der Waals surface area contributed by atoms with Crippen LogP contribution in [0.15, 0.2) is 47.3 Å². The fourth-order valence-corrected chi connectivity index (χ4v) is 3.18. The number of aliphatic carboxylic acids is 1. The summed E-state index contributed by atoms with van der Waals surface area (Å²) in [6.07, 6.45) is 5.02. The van der Waals surface area contributed by atoms with Gasteiger partial charge in [0.1, 0.15) is 5.82 Å². The Morgan fingerprint density at radius 1 is 1.22 bits per heavy atom. The highest BCUT2D eigenvalue weighted by molar-refractivity contribution is 5.95. The van der Waals surface area contributed by atoms with E-state index in [0.29, 0.717) is 42.0 Å². The topological polar surface area (TPSA) is 112 Å². The molecule has 2 aromatic rings. The van der Waals surface area contributed by atoms with E-state index in [-0.39, 0.29) is 11.5 Å². The Labute approximate surface area is 156 Å². The zero-order valence-electron chi connectivity index (χ0n) is 14.9. The van der Waals surface area contributed by atoms with Gasteiger partial charge in [0, 0.05) is 23.0 Å². The van der Waals surface area contributed by atoms with Crippen LogP contribution < -0.4 is 10.9 Å². The molecule has 27 heavy (non-hydrogen) atoms. The van der Waals surface area contributed by atoms with E-state index in [4.69, 9.17) is 0 Å². The SMILES string of the molecule is CCc1cc(=O)[nH]c(-c2cccc(NC(=O)[C@H]3CC=CC[C@H]3C(=O)O)c2)n1. The predicted octanol–water partition coefficient (Wildman–Crippen LogP) is 2.60. The molecule has 1 aliphatic carbocycles. The van der Waals surface area contributed by atoms with Crippen molar-refractivity contribution >= 4 is 17.6 Å². The Kier molecular flexibility index (Phi) is 5.49. The van der Waals surface area contributed by atoms with Crippen LogP contribution in [0.4, 0.5) is 5.69 Å². The lowest BCUT2D eigenvalue weighted by atomic mass is 9.82.